The monoisotopic (exact) mass is 434 g/mol. The number of benzene rings is 1. The van der Waals surface area contributed by atoms with Gasteiger partial charge in [0.1, 0.15) is 12.2 Å². The number of hydrogen-bond acceptors (Lipinski definition) is 5. The topological polar surface area (TPSA) is 79.1 Å². The highest BCUT2D eigenvalue weighted by atomic mass is 127. The number of amides is 1. The SMILES string of the molecule is N#Cc1nccnc1OC1CCCN(C(=O)c2ccccc2I)C1. The molecule has 0 N–H and O–H groups in total. The Morgan fingerprint density at radius 3 is 2.92 bits per heavy atom. The maximum absolute atomic E-state index is 12.7. The molecule has 1 aromatic heterocycles. The van der Waals surface area contributed by atoms with E-state index in [0.717, 1.165) is 16.4 Å². The first-order valence-corrected chi connectivity index (χ1v) is 8.68. The summed E-state index contributed by atoms with van der Waals surface area (Å²) in [6.45, 7) is 1.18. The van der Waals surface area contributed by atoms with Crippen molar-refractivity contribution in [3.8, 4) is 11.9 Å². The minimum absolute atomic E-state index is 0.00736. The molecule has 1 amide bonds. The van der Waals surface area contributed by atoms with Crippen molar-refractivity contribution in [2.24, 2.45) is 0 Å². The number of rotatable bonds is 3. The summed E-state index contributed by atoms with van der Waals surface area (Å²) in [6, 6.07) is 9.51. The molecule has 3 rings (SSSR count). The van der Waals surface area contributed by atoms with Gasteiger partial charge in [-0.15, -0.1) is 0 Å². The fourth-order valence-corrected chi connectivity index (χ4v) is 3.29. The lowest BCUT2D eigenvalue weighted by molar-refractivity contribution is 0.0525. The molecular weight excluding hydrogens is 419 g/mol. The van der Waals surface area contributed by atoms with E-state index in [0.29, 0.717) is 18.7 Å². The van der Waals surface area contributed by atoms with Crippen molar-refractivity contribution in [3.63, 3.8) is 0 Å². The molecule has 1 unspecified atom stereocenters. The first-order chi connectivity index (χ1) is 11.7. The van der Waals surface area contributed by atoms with Crippen LogP contribution in [0.5, 0.6) is 5.88 Å². The summed E-state index contributed by atoms with van der Waals surface area (Å²) in [4.78, 5) is 22.5. The summed E-state index contributed by atoms with van der Waals surface area (Å²) in [6.07, 6.45) is 4.43. The molecule has 0 aliphatic carbocycles. The van der Waals surface area contributed by atoms with Crippen molar-refractivity contribution < 1.29 is 9.53 Å². The summed E-state index contributed by atoms with van der Waals surface area (Å²) in [5.74, 6) is 0.238. The fraction of sp³-hybridized carbons (Fsp3) is 0.294. The predicted molar refractivity (Wildman–Crippen MR) is 95.5 cm³/mol. The lowest BCUT2D eigenvalue weighted by Gasteiger charge is -2.32. The van der Waals surface area contributed by atoms with Crippen LogP contribution >= 0.6 is 22.6 Å². The number of hydrogen-bond donors (Lipinski definition) is 0. The molecule has 0 bridgehead atoms. The smallest absolute Gasteiger partial charge is 0.255 e. The van der Waals surface area contributed by atoms with Gasteiger partial charge in [-0.3, -0.25) is 4.79 Å². The van der Waals surface area contributed by atoms with Crippen molar-refractivity contribution in [3.05, 3.63) is 51.5 Å². The number of ether oxygens (including phenoxy) is 1. The molecule has 1 aliphatic heterocycles. The van der Waals surface area contributed by atoms with Crippen molar-refractivity contribution in [2.45, 2.75) is 18.9 Å². The Morgan fingerprint density at radius 2 is 2.12 bits per heavy atom. The van der Waals surface area contributed by atoms with Crippen LogP contribution in [-0.4, -0.2) is 40.0 Å². The zero-order valence-electron chi connectivity index (χ0n) is 12.9. The van der Waals surface area contributed by atoms with Gasteiger partial charge in [-0.25, -0.2) is 9.97 Å². The summed E-state index contributed by atoms with van der Waals surface area (Å²) < 4.78 is 6.77. The summed E-state index contributed by atoms with van der Waals surface area (Å²) in [5.41, 5.74) is 0.870. The van der Waals surface area contributed by atoms with Gasteiger partial charge >= 0.3 is 0 Å². The summed E-state index contributed by atoms with van der Waals surface area (Å²) in [7, 11) is 0. The number of piperidine rings is 1. The van der Waals surface area contributed by atoms with E-state index in [1.807, 2.05) is 30.3 Å². The molecule has 6 nitrogen and oxygen atoms in total. The molecule has 1 aliphatic rings. The van der Waals surface area contributed by atoms with E-state index in [2.05, 4.69) is 32.6 Å². The molecule has 0 saturated carbocycles. The van der Waals surface area contributed by atoms with Crippen LogP contribution in [0.15, 0.2) is 36.7 Å². The molecule has 2 aromatic rings. The molecule has 0 spiro atoms. The van der Waals surface area contributed by atoms with Crippen LogP contribution in [0.4, 0.5) is 0 Å². The second-order valence-corrected chi connectivity index (χ2v) is 6.60. The Hall–Kier alpha value is -2.21. The third-order valence-electron chi connectivity index (χ3n) is 3.82. The van der Waals surface area contributed by atoms with E-state index in [1.165, 1.54) is 12.4 Å². The summed E-state index contributed by atoms with van der Waals surface area (Å²) in [5, 5.41) is 9.07. The number of aromatic nitrogens is 2. The lowest BCUT2D eigenvalue weighted by Crippen LogP contribution is -2.44. The molecule has 0 radical (unpaired) electrons. The first-order valence-electron chi connectivity index (χ1n) is 7.60. The molecule has 1 saturated heterocycles. The zero-order valence-corrected chi connectivity index (χ0v) is 15.0. The predicted octanol–water partition coefficient (Wildman–Crippen LogP) is 2.64. The average Bonchev–Trinajstić information content (AvgIpc) is 2.62. The van der Waals surface area contributed by atoms with E-state index in [4.69, 9.17) is 10.00 Å². The third-order valence-corrected chi connectivity index (χ3v) is 4.76. The number of halogens is 1. The fourth-order valence-electron chi connectivity index (χ4n) is 2.67. The average molecular weight is 434 g/mol. The molecule has 1 fully saturated rings. The van der Waals surface area contributed by atoms with Gasteiger partial charge in [0, 0.05) is 22.5 Å². The Labute approximate surface area is 153 Å². The maximum Gasteiger partial charge on any atom is 0.255 e. The van der Waals surface area contributed by atoms with Gasteiger partial charge < -0.3 is 9.64 Å². The van der Waals surface area contributed by atoms with Gasteiger partial charge in [-0.1, -0.05) is 12.1 Å². The van der Waals surface area contributed by atoms with Gasteiger partial charge in [0.2, 0.25) is 5.69 Å². The minimum Gasteiger partial charge on any atom is -0.470 e. The van der Waals surface area contributed by atoms with E-state index in [-0.39, 0.29) is 23.6 Å². The van der Waals surface area contributed by atoms with Gasteiger partial charge in [0.15, 0.2) is 0 Å². The molecule has 24 heavy (non-hydrogen) atoms. The van der Waals surface area contributed by atoms with Gasteiger partial charge in [0.25, 0.3) is 11.8 Å². The quantitative estimate of drug-likeness (QED) is 0.695. The third kappa shape index (κ3) is 3.64. The van der Waals surface area contributed by atoms with E-state index < -0.39 is 0 Å². The normalized spacial score (nSPS) is 17.2. The number of nitrogens with zero attached hydrogens (tertiary/aromatic N) is 4. The number of carbonyl (C=O) groups is 1. The van der Waals surface area contributed by atoms with Crippen molar-refractivity contribution in [1.29, 1.82) is 5.26 Å². The summed E-state index contributed by atoms with van der Waals surface area (Å²) >= 11 is 2.17. The lowest BCUT2D eigenvalue weighted by atomic mass is 10.1. The second-order valence-electron chi connectivity index (χ2n) is 5.44. The van der Waals surface area contributed by atoms with Crippen molar-refractivity contribution in [1.82, 2.24) is 14.9 Å². The molecule has 2 heterocycles. The molecule has 1 atom stereocenters. The number of likely N-dealkylation sites (tertiary alicyclic amines) is 1. The van der Waals surface area contributed by atoms with Gasteiger partial charge in [-0.2, -0.15) is 5.26 Å². The highest BCUT2D eigenvalue weighted by Crippen LogP contribution is 2.21. The van der Waals surface area contributed by atoms with Crippen LogP contribution in [0.3, 0.4) is 0 Å². The van der Waals surface area contributed by atoms with Crippen molar-refractivity contribution >= 4 is 28.5 Å². The van der Waals surface area contributed by atoms with Crippen LogP contribution in [0.1, 0.15) is 28.9 Å². The Morgan fingerprint density at radius 1 is 1.33 bits per heavy atom. The van der Waals surface area contributed by atoms with Crippen LogP contribution in [0.2, 0.25) is 0 Å². The van der Waals surface area contributed by atoms with E-state index >= 15 is 0 Å². The highest BCUT2D eigenvalue weighted by molar-refractivity contribution is 14.1. The highest BCUT2D eigenvalue weighted by Gasteiger charge is 2.27. The Bertz CT molecular complexity index is 790. The van der Waals surface area contributed by atoms with Gasteiger partial charge in [0.05, 0.1) is 12.1 Å². The van der Waals surface area contributed by atoms with Crippen LogP contribution in [0.25, 0.3) is 0 Å². The number of nitriles is 1. The largest absolute Gasteiger partial charge is 0.470 e. The molecular formula is C17H15IN4O2. The first kappa shape index (κ1) is 16.6. The maximum atomic E-state index is 12.7. The van der Waals surface area contributed by atoms with Gasteiger partial charge in [-0.05, 0) is 47.6 Å². The minimum atomic E-state index is -0.187. The van der Waals surface area contributed by atoms with Crippen molar-refractivity contribution in [2.75, 3.05) is 13.1 Å². The van der Waals surface area contributed by atoms with E-state index in [9.17, 15) is 4.79 Å². The number of carbonyl (C=O) groups excluding carboxylic acids is 1. The Balaban J connectivity index is 1.72. The zero-order chi connectivity index (χ0) is 16.9. The second kappa shape index (κ2) is 7.57. The molecule has 1 aromatic carbocycles. The van der Waals surface area contributed by atoms with Crippen LogP contribution < -0.4 is 4.74 Å². The van der Waals surface area contributed by atoms with Crippen LogP contribution in [0, 0.1) is 14.9 Å². The van der Waals surface area contributed by atoms with E-state index in [1.54, 1.807) is 4.90 Å². The molecule has 7 heteroatoms. The van der Waals surface area contributed by atoms with Crippen LogP contribution in [-0.2, 0) is 0 Å². The standard InChI is InChI=1S/C17H15IN4O2/c18-14-6-2-1-5-13(14)17(23)22-9-3-4-12(11-22)24-16-15(10-19)20-7-8-21-16/h1-2,5-8,12H,3-4,9,11H2. The molecule has 122 valence electrons. The Kier molecular flexibility index (Phi) is 5.25.